The van der Waals surface area contributed by atoms with Crippen LogP contribution in [0.15, 0.2) is 24.3 Å². The minimum absolute atomic E-state index is 0.0495. The van der Waals surface area contributed by atoms with Crippen LogP contribution in [0, 0.1) is 0 Å². The Morgan fingerprint density at radius 3 is 2.33 bits per heavy atom. The van der Waals surface area contributed by atoms with Crippen LogP contribution in [0.2, 0.25) is 0 Å². The van der Waals surface area contributed by atoms with E-state index in [1.807, 2.05) is 38.1 Å². The molecule has 0 unspecified atom stereocenters. The highest BCUT2D eigenvalue weighted by molar-refractivity contribution is 5.94. The van der Waals surface area contributed by atoms with Crippen LogP contribution in [0.5, 0.6) is 0 Å². The van der Waals surface area contributed by atoms with Gasteiger partial charge in [0, 0.05) is 17.5 Å². The third-order valence-electron chi connectivity index (χ3n) is 4.17. The molecule has 0 aromatic heterocycles. The molecule has 0 heterocycles. The van der Waals surface area contributed by atoms with E-state index in [0.29, 0.717) is 17.9 Å². The van der Waals surface area contributed by atoms with Crippen molar-refractivity contribution in [3.8, 4) is 0 Å². The third kappa shape index (κ3) is 4.31. The molecule has 0 spiro atoms. The lowest BCUT2D eigenvalue weighted by Gasteiger charge is -2.27. The number of carboxylic acids is 1. The molecule has 4 nitrogen and oxygen atoms in total. The molecule has 1 aliphatic rings. The van der Waals surface area contributed by atoms with Gasteiger partial charge >= 0.3 is 5.97 Å². The molecule has 1 fully saturated rings. The number of aliphatic carboxylic acids is 1. The van der Waals surface area contributed by atoms with Gasteiger partial charge in [-0.25, -0.2) is 0 Å². The Morgan fingerprint density at radius 1 is 1.24 bits per heavy atom. The van der Waals surface area contributed by atoms with Crippen LogP contribution in [0.25, 0.3) is 0 Å². The minimum atomic E-state index is -0.845. The summed E-state index contributed by atoms with van der Waals surface area (Å²) in [7, 11) is 0. The fourth-order valence-corrected chi connectivity index (χ4v) is 2.51. The van der Waals surface area contributed by atoms with Crippen LogP contribution in [-0.2, 0) is 4.79 Å². The number of rotatable bonds is 6. The maximum Gasteiger partial charge on any atom is 0.303 e. The van der Waals surface area contributed by atoms with Crippen molar-refractivity contribution in [2.45, 2.75) is 57.4 Å². The Balaban J connectivity index is 1.94. The largest absolute Gasteiger partial charge is 0.481 e. The van der Waals surface area contributed by atoms with Crippen molar-refractivity contribution >= 4 is 11.9 Å². The zero-order valence-corrected chi connectivity index (χ0v) is 12.7. The second kappa shape index (κ2) is 6.29. The van der Waals surface area contributed by atoms with Crippen molar-refractivity contribution in [3.63, 3.8) is 0 Å². The molecular weight excluding hydrogens is 266 g/mol. The van der Waals surface area contributed by atoms with E-state index in [1.54, 1.807) is 0 Å². The highest BCUT2D eigenvalue weighted by Gasteiger charge is 2.23. The molecule has 21 heavy (non-hydrogen) atoms. The zero-order valence-electron chi connectivity index (χ0n) is 12.7. The van der Waals surface area contributed by atoms with Gasteiger partial charge in [-0.1, -0.05) is 18.6 Å². The van der Waals surface area contributed by atoms with Gasteiger partial charge in [0.05, 0.1) is 0 Å². The molecule has 114 valence electrons. The highest BCUT2D eigenvalue weighted by atomic mass is 16.4. The Labute approximate surface area is 125 Å². The zero-order chi connectivity index (χ0) is 15.5. The van der Waals surface area contributed by atoms with Crippen molar-refractivity contribution in [2.24, 2.45) is 0 Å². The summed E-state index contributed by atoms with van der Waals surface area (Å²) in [4.78, 5) is 22.8. The lowest BCUT2D eigenvalue weighted by molar-refractivity contribution is -0.137. The van der Waals surface area contributed by atoms with Crippen LogP contribution >= 0.6 is 0 Å². The van der Waals surface area contributed by atoms with Crippen LogP contribution in [0.3, 0.4) is 0 Å². The number of carboxylic acid groups (broad SMARTS) is 1. The Bertz CT molecular complexity index is 515. The maximum absolute atomic E-state index is 12.2. The quantitative estimate of drug-likeness (QED) is 0.844. The van der Waals surface area contributed by atoms with Gasteiger partial charge < -0.3 is 10.4 Å². The van der Waals surface area contributed by atoms with E-state index in [9.17, 15) is 9.59 Å². The van der Waals surface area contributed by atoms with Gasteiger partial charge in [0.1, 0.15) is 0 Å². The average Bonchev–Trinajstić information content (AvgIpc) is 2.35. The molecule has 0 bridgehead atoms. The second-order valence-electron chi connectivity index (χ2n) is 6.48. The number of hydrogen-bond donors (Lipinski definition) is 2. The van der Waals surface area contributed by atoms with Crippen LogP contribution in [0.4, 0.5) is 0 Å². The number of amides is 1. The second-order valence-corrected chi connectivity index (χ2v) is 6.48. The smallest absolute Gasteiger partial charge is 0.303 e. The van der Waals surface area contributed by atoms with E-state index < -0.39 is 11.5 Å². The average molecular weight is 289 g/mol. The molecule has 1 aliphatic carbocycles. The first-order valence-corrected chi connectivity index (χ1v) is 7.52. The normalized spacial score (nSPS) is 15.3. The summed E-state index contributed by atoms with van der Waals surface area (Å²) >= 11 is 0. The van der Waals surface area contributed by atoms with Crippen molar-refractivity contribution in [2.75, 3.05) is 0 Å². The van der Waals surface area contributed by atoms with Gasteiger partial charge in [0.25, 0.3) is 5.91 Å². The number of carbonyl (C=O) groups is 2. The fraction of sp³-hybridized carbons (Fsp3) is 0.529. The topological polar surface area (TPSA) is 66.4 Å². The molecule has 0 radical (unpaired) electrons. The van der Waals surface area contributed by atoms with E-state index in [4.69, 9.17) is 5.11 Å². The lowest BCUT2D eigenvalue weighted by atomic mass is 9.80. The van der Waals surface area contributed by atoms with Gasteiger partial charge in [-0.3, -0.25) is 9.59 Å². The van der Waals surface area contributed by atoms with Crippen molar-refractivity contribution in [3.05, 3.63) is 35.4 Å². The number of carbonyl (C=O) groups excluding carboxylic acids is 1. The molecule has 0 aliphatic heterocycles. The molecule has 2 rings (SSSR count). The van der Waals surface area contributed by atoms with E-state index in [2.05, 4.69) is 5.32 Å². The first-order valence-electron chi connectivity index (χ1n) is 7.52. The summed E-state index contributed by atoms with van der Waals surface area (Å²) in [5.74, 6) is -0.332. The summed E-state index contributed by atoms with van der Waals surface area (Å²) < 4.78 is 0. The van der Waals surface area contributed by atoms with Crippen LogP contribution in [-0.4, -0.2) is 22.5 Å². The molecule has 4 heteroatoms. The molecular formula is C17H23NO3. The Hall–Kier alpha value is -1.84. The van der Waals surface area contributed by atoms with Crippen molar-refractivity contribution in [1.29, 1.82) is 0 Å². The van der Waals surface area contributed by atoms with Gasteiger partial charge in [-0.05, 0) is 56.7 Å². The molecule has 0 atom stereocenters. The minimum Gasteiger partial charge on any atom is -0.481 e. The van der Waals surface area contributed by atoms with Gasteiger partial charge in [-0.2, -0.15) is 0 Å². The number of nitrogens with one attached hydrogen (secondary N) is 1. The number of benzene rings is 1. The lowest BCUT2D eigenvalue weighted by Crippen LogP contribution is -2.43. The molecule has 2 N–H and O–H groups in total. The van der Waals surface area contributed by atoms with Gasteiger partial charge in [0.15, 0.2) is 0 Å². The van der Waals surface area contributed by atoms with Crippen LogP contribution in [0.1, 0.15) is 67.8 Å². The molecule has 1 aromatic rings. The van der Waals surface area contributed by atoms with Crippen molar-refractivity contribution < 1.29 is 14.7 Å². The van der Waals surface area contributed by atoms with Gasteiger partial charge in [0.2, 0.25) is 0 Å². The van der Waals surface area contributed by atoms with Crippen molar-refractivity contribution in [1.82, 2.24) is 5.32 Å². The summed E-state index contributed by atoms with van der Waals surface area (Å²) in [5, 5.41) is 11.6. The summed E-state index contributed by atoms with van der Waals surface area (Å²) in [6.45, 7) is 3.69. The Morgan fingerprint density at radius 2 is 1.86 bits per heavy atom. The van der Waals surface area contributed by atoms with E-state index >= 15 is 0 Å². The summed E-state index contributed by atoms with van der Waals surface area (Å²) in [6, 6.07) is 7.78. The fourth-order valence-electron chi connectivity index (χ4n) is 2.51. The maximum atomic E-state index is 12.2. The first kappa shape index (κ1) is 15.5. The number of hydrogen-bond acceptors (Lipinski definition) is 2. The van der Waals surface area contributed by atoms with Gasteiger partial charge in [-0.15, -0.1) is 0 Å². The summed E-state index contributed by atoms with van der Waals surface area (Å²) in [5.41, 5.74) is 1.41. The standard InChI is InChI=1S/C17H23NO3/c1-17(2,11-10-15(19)20)18-16(21)14-8-6-13(7-9-14)12-4-3-5-12/h6-9,12H,3-5,10-11H2,1-2H3,(H,18,21)(H,19,20). The highest BCUT2D eigenvalue weighted by Crippen LogP contribution is 2.36. The molecule has 0 saturated heterocycles. The molecule has 1 aromatic carbocycles. The first-order chi connectivity index (χ1) is 9.87. The molecule has 1 saturated carbocycles. The Kier molecular flexibility index (Phi) is 4.66. The van der Waals surface area contributed by atoms with E-state index in [0.717, 1.165) is 0 Å². The third-order valence-corrected chi connectivity index (χ3v) is 4.17. The molecule has 1 amide bonds. The predicted molar refractivity (Wildman–Crippen MR) is 81.4 cm³/mol. The monoisotopic (exact) mass is 289 g/mol. The summed E-state index contributed by atoms with van der Waals surface area (Å²) in [6.07, 6.45) is 4.24. The SMILES string of the molecule is CC(C)(CCC(=O)O)NC(=O)c1ccc(C2CCC2)cc1. The van der Waals surface area contributed by atoms with E-state index in [1.165, 1.54) is 24.8 Å². The van der Waals surface area contributed by atoms with E-state index in [-0.39, 0.29) is 12.3 Å². The predicted octanol–water partition coefficient (Wildman–Crippen LogP) is 3.33. The van der Waals surface area contributed by atoms with Crippen LogP contribution < -0.4 is 5.32 Å².